The molecule has 3 aliphatic rings. The third-order valence-corrected chi connectivity index (χ3v) is 8.01. The van der Waals surface area contributed by atoms with E-state index in [9.17, 15) is 9.59 Å². The number of benzene rings is 3. The number of hydrogen-bond acceptors (Lipinski definition) is 8. The van der Waals surface area contributed by atoms with Crippen LogP contribution in [0.25, 0.3) is 0 Å². The average molecular weight is 561 g/mol. The van der Waals surface area contributed by atoms with E-state index in [0.717, 1.165) is 37.6 Å². The average Bonchev–Trinajstić information content (AvgIpc) is 2.97. The molecule has 3 aromatic carbocycles. The molecule has 9 nitrogen and oxygen atoms in total. The predicted octanol–water partition coefficient (Wildman–Crippen LogP) is 3.98. The van der Waals surface area contributed by atoms with Gasteiger partial charge in [0.25, 0.3) is 0 Å². The van der Waals surface area contributed by atoms with Gasteiger partial charge in [-0.1, -0.05) is 61.7 Å². The molecule has 1 unspecified atom stereocenters. The third kappa shape index (κ3) is 5.80. The molecule has 6 rings (SSSR count). The molecule has 0 amide bonds. The summed E-state index contributed by atoms with van der Waals surface area (Å²) >= 11 is -2.36. The van der Waals surface area contributed by atoms with E-state index >= 15 is 0 Å². The monoisotopic (exact) mass is 560 g/mol. The number of piperazine rings is 1. The minimum absolute atomic E-state index is 0.168. The summed E-state index contributed by atoms with van der Waals surface area (Å²) < 4.78 is 17.6. The molecule has 1 saturated carbocycles. The Morgan fingerprint density at radius 3 is 1.98 bits per heavy atom. The Morgan fingerprint density at radius 1 is 0.825 bits per heavy atom. The van der Waals surface area contributed by atoms with Crippen molar-refractivity contribution in [1.82, 2.24) is 4.90 Å². The number of ketones is 2. The number of nitrogen functional groups attached to an aromatic ring is 1. The van der Waals surface area contributed by atoms with Crippen molar-refractivity contribution >= 4 is 45.6 Å². The minimum atomic E-state index is -2.36. The van der Waals surface area contributed by atoms with Crippen LogP contribution in [0.3, 0.4) is 0 Å². The molecule has 0 radical (unpaired) electrons. The molecule has 3 aromatic rings. The molecule has 1 atom stereocenters. The molecular weight excluding hydrogens is 526 g/mol. The van der Waals surface area contributed by atoms with Crippen molar-refractivity contribution in [3.8, 4) is 0 Å². The molecule has 1 saturated heterocycles. The molecule has 1 heterocycles. The van der Waals surface area contributed by atoms with Gasteiger partial charge >= 0.3 is 0 Å². The second kappa shape index (κ2) is 12.3. The molecule has 0 bridgehead atoms. The van der Waals surface area contributed by atoms with Crippen molar-refractivity contribution in [2.45, 2.75) is 38.1 Å². The lowest BCUT2D eigenvalue weighted by Crippen LogP contribution is -2.51. The van der Waals surface area contributed by atoms with Crippen LogP contribution < -0.4 is 21.1 Å². The van der Waals surface area contributed by atoms with Crippen LogP contribution in [0, 0.1) is 0 Å². The first-order valence-electron chi connectivity index (χ1n) is 13.6. The maximum atomic E-state index is 13.7. The lowest BCUT2D eigenvalue weighted by atomic mass is 9.81. The first-order chi connectivity index (χ1) is 19.3. The fourth-order valence-corrected chi connectivity index (χ4v) is 6.12. The number of hydrogen-bond donors (Lipinski definition) is 3. The molecule has 0 spiro atoms. The van der Waals surface area contributed by atoms with Crippen molar-refractivity contribution in [2.24, 2.45) is 5.14 Å². The predicted molar refractivity (Wildman–Crippen MR) is 158 cm³/mol. The number of carbonyl (C=O) groups is 2. The summed E-state index contributed by atoms with van der Waals surface area (Å²) in [6.45, 7) is 3.67. The van der Waals surface area contributed by atoms with Gasteiger partial charge in [0.1, 0.15) is 0 Å². The first kappa shape index (κ1) is 28.0. The molecule has 10 heteroatoms. The van der Waals surface area contributed by atoms with Gasteiger partial charge in [-0.2, -0.15) is 0 Å². The summed E-state index contributed by atoms with van der Waals surface area (Å²) in [6.07, 6.45) is 6.60. The number of carbonyl (C=O) groups excluding carboxylic acids is 2. The number of rotatable bonds is 4. The molecule has 210 valence electrons. The van der Waals surface area contributed by atoms with E-state index < -0.39 is 11.3 Å². The van der Waals surface area contributed by atoms with Gasteiger partial charge in [-0.15, -0.1) is 0 Å². The Labute approximate surface area is 236 Å². The van der Waals surface area contributed by atoms with Gasteiger partial charge in [-0.3, -0.25) is 23.8 Å². The van der Waals surface area contributed by atoms with E-state index in [1.165, 1.54) is 32.1 Å². The molecular formula is C30H34N5O4S-. The summed E-state index contributed by atoms with van der Waals surface area (Å²) in [5.41, 5.74) is 11.0. The highest BCUT2D eigenvalue weighted by Gasteiger charge is 2.36. The van der Waals surface area contributed by atoms with Crippen molar-refractivity contribution < 1.29 is 18.4 Å². The van der Waals surface area contributed by atoms with Gasteiger partial charge in [0.15, 0.2) is 11.6 Å². The van der Waals surface area contributed by atoms with Crippen molar-refractivity contribution in [3.05, 3.63) is 82.9 Å². The standard InChI is InChI=1S/C30H32N4O2.H3NO2S/c31-28-25(34-17-15-33(16-18-34)21-11-5-2-6-12-21)19-24(32-20-9-3-1-4-10-20)26-27(28)30(36)23-14-8-7-13-22(23)29(26)35;1-4(2)3/h1,3-4,7-10,13-14,19,21,32H,2,5-6,11-12,15-18,31H2;1H2,(H,2,3)/p-1. The van der Waals surface area contributed by atoms with E-state index in [1.807, 2.05) is 36.4 Å². The van der Waals surface area contributed by atoms with E-state index in [1.54, 1.807) is 24.3 Å². The molecule has 2 aliphatic carbocycles. The Balaban J connectivity index is 0.000000758. The molecule has 1 aliphatic heterocycles. The Hall–Kier alpha value is -3.57. The van der Waals surface area contributed by atoms with Gasteiger partial charge in [-0.25, -0.2) is 0 Å². The SMILES string of the molecule is NS(=O)[O-].Nc1c(N2CCN(C3CCCCC3)CC2)cc(Nc2ccccc2)c2c1C(=O)c1ccccc1C2=O. The Morgan fingerprint density at radius 2 is 1.38 bits per heavy atom. The van der Waals surface area contributed by atoms with Crippen molar-refractivity contribution in [2.75, 3.05) is 42.1 Å². The third-order valence-electron chi connectivity index (χ3n) is 8.01. The van der Waals surface area contributed by atoms with Crippen LogP contribution in [0.15, 0.2) is 60.7 Å². The fraction of sp³-hybridized carbons (Fsp3) is 0.333. The number of anilines is 4. The summed E-state index contributed by atoms with van der Waals surface area (Å²) in [5.74, 6) is -0.351. The number of para-hydroxylation sites is 1. The number of fused-ring (bicyclic) bond motifs is 2. The molecule has 40 heavy (non-hydrogen) atoms. The Bertz CT molecular complexity index is 1410. The highest BCUT2D eigenvalue weighted by atomic mass is 32.2. The zero-order chi connectivity index (χ0) is 28.2. The van der Waals surface area contributed by atoms with Crippen molar-refractivity contribution in [1.29, 1.82) is 0 Å². The van der Waals surface area contributed by atoms with Crippen LogP contribution in [-0.2, 0) is 11.3 Å². The highest BCUT2D eigenvalue weighted by molar-refractivity contribution is 7.76. The smallest absolute Gasteiger partial charge is 0.196 e. The second-order valence-electron chi connectivity index (χ2n) is 10.4. The minimum Gasteiger partial charge on any atom is -0.760 e. The summed E-state index contributed by atoms with van der Waals surface area (Å²) in [6, 6.07) is 19.4. The van der Waals surface area contributed by atoms with Crippen LogP contribution >= 0.6 is 0 Å². The van der Waals surface area contributed by atoms with Gasteiger partial charge in [0.2, 0.25) is 0 Å². The van der Waals surface area contributed by atoms with Gasteiger partial charge < -0.3 is 20.5 Å². The van der Waals surface area contributed by atoms with Gasteiger partial charge in [0.05, 0.1) is 28.2 Å². The normalized spacial score (nSPS) is 18.3. The highest BCUT2D eigenvalue weighted by Crippen LogP contribution is 2.42. The van der Waals surface area contributed by atoms with E-state index in [-0.39, 0.29) is 11.6 Å². The zero-order valence-electron chi connectivity index (χ0n) is 22.3. The number of nitrogens with two attached hydrogens (primary N) is 2. The van der Waals surface area contributed by atoms with Crippen LogP contribution in [-0.4, -0.2) is 57.4 Å². The molecule has 5 N–H and O–H groups in total. The molecule has 0 aromatic heterocycles. The first-order valence-corrected chi connectivity index (χ1v) is 14.8. The maximum Gasteiger partial charge on any atom is 0.196 e. The maximum absolute atomic E-state index is 13.7. The van der Waals surface area contributed by atoms with Gasteiger partial charge in [-0.05, 0) is 31.0 Å². The van der Waals surface area contributed by atoms with E-state index in [4.69, 9.17) is 14.5 Å². The van der Waals surface area contributed by atoms with Crippen LogP contribution in [0.2, 0.25) is 0 Å². The lowest BCUT2D eigenvalue weighted by molar-refractivity contribution is 0.0980. The quantitative estimate of drug-likeness (QED) is 0.251. The van der Waals surface area contributed by atoms with E-state index in [0.29, 0.717) is 39.7 Å². The van der Waals surface area contributed by atoms with Crippen LogP contribution in [0.4, 0.5) is 22.7 Å². The number of nitrogens with one attached hydrogen (secondary N) is 1. The number of nitrogens with zero attached hydrogens (tertiary/aromatic N) is 2. The summed E-state index contributed by atoms with van der Waals surface area (Å²) in [7, 11) is 0. The summed E-state index contributed by atoms with van der Waals surface area (Å²) in [5, 5.41) is 7.44. The lowest BCUT2D eigenvalue weighted by Gasteiger charge is -2.42. The van der Waals surface area contributed by atoms with Gasteiger partial charge in [0, 0.05) is 60.3 Å². The van der Waals surface area contributed by atoms with E-state index in [2.05, 4.69) is 20.3 Å². The topological polar surface area (TPSA) is 145 Å². The molecule has 2 fully saturated rings. The Kier molecular flexibility index (Phi) is 8.60. The second-order valence-corrected chi connectivity index (χ2v) is 10.9. The van der Waals surface area contributed by atoms with Crippen LogP contribution in [0.1, 0.15) is 63.9 Å². The largest absolute Gasteiger partial charge is 0.760 e. The fourth-order valence-electron chi connectivity index (χ4n) is 6.12. The zero-order valence-corrected chi connectivity index (χ0v) is 23.1. The van der Waals surface area contributed by atoms with Crippen molar-refractivity contribution in [3.63, 3.8) is 0 Å². The summed E-state index contributed by atoms with van der Waals surface area (Å²) in [4.78, 5) is 32.2. The van der Waals surface area contributed by atoms with Crippen LogP contribution in [0.5, 0.6) is 0 Å².